The highest BCUT2D eigenvalue weighted by Gasteiger charge is 2.09. The van der Waals surface area contributed by atoms with E-state index in [1.165, 1.54) is 6.33 Å². The van der Waals surface area contributed by atoms with Crippen molar-refractivity contribution in [3.05, 3.63) is 30.6 Å². The van der Waals surface area contributed by atoms with Crippen LogP contribution < -0.4 is 5.32 Å². The van der Waals surface area contributed by atoms with Gasteiger partial charge in [-0.1, -0.05) is 0 Å². The molecule has 0 bridgehead atoms. The van der Waals surface area contributed by atoms with E-state index in [-0.39, 0.29) is 11.9 Å². The first kappa shape index (κ1) is 12.3. The first-order valence-corrected chi connectivity index (χ1v) is 5.81. The van der Waals surface area contributed by atoms with Gasteiger partial charge in [-0.25, -0.2) is 4.98 Å². The van der Waals surface area contributed by atoms with Gasteiger partial charge >= 0.3 is 0 Å². The molecule has 2 heterocycles. The molecule has 7 nitrogen and oxygen atoms in total. The Hall–Kier alpha value is -2.18. The van der Waals surface area contributed by atoms with Crippen LogP contribution in [0.5, 0.6) is 0 Å². The molecule has 0 aromatic carbocycles. The summed E-state index contributed by atoms with van der Waals surface area (Å²) in [6.45, 7) is 5.14. The minimum Gasteiger partial charge on any atom is -0.350 e. The van der Waals surface area contributed by atoms with Gasteiger partial charge in [0.05, 0.1) is 18.3 Å². The predicted molar refractivity (Wildman–Crippen MR) is 65.0 cm³/mol. The van der Waals surface area contributed by atoms with E-state index >= 15 is 0 Å². The number of hydrogen-bond donors (Lipinski definition) is 1. The van der Waals surface area contributed by atoms with Crippen molar-refractivity contribution in [1.29, 1.82) is 0 Å². The van der Waals surface area contributed by atoms with E-state index in [2.05, 4.69) is 20.5 Å². The number of hydrogen-bond acceptors (Lipinski definition) is 4. The second-order valence-corrected chi connectivity index (χ2v) is 4.22. The lowest BCUT2D eigenvalue weighted by Gasteiger charge is -2.04. The van der Waals surface area contributed by atoms with Crippen LogP contribution in [0.4, 0.5) is 0 Å². The van der Waals surface area contributed by atoms with Crippen LogP contribution in [0.2, 0.25) is 0 Å². The topological polar surface area (TPSA) is 77.6 Å². The van der Waals surface area contributed by atoms with Crippen LogP contribution in [0.1, 0.15) is 30.2 Å². The van der Waals surface area contributed by atoms with Crippen molar-refractivity contribution >= 4 is 5.91 Å². The molecule has 0 atom stereocenters. The summed E-state index contributed by atoms with van der Waals surface area (Å²) in [6.07, 6.45) is 6.40. The van der Waals surface area contributed by atoms with Gasteiger partial charge in [-0.15, -0.1) is 0 Å². The Bertz CT molecular complexity index is 501. The number of aromatic nitrogens is 5. The summed E-state index contributed by atoms with van der Waals surface area (Å²) in [4.78, 5) is 15.6. The molecule has 96 valence electrons. The first-order chi connectivity index (χ1) is 8.66. The number of nitrogens with one attached hydrogen (secondary N) is 1. The number of carbonyl (C=O) groups excluding carboxylic acids is 1. The van der Waals surface area contributed by atoms with Gasteiger partial charge in [0.1, 0.15) is 12.7 Å². The second-order valence-electron chi connectivity index (χ2n) is 4.22. The molecule has 0 fully saturated rings. The van der Waals surface area contributed by atoms with E-state index < -0.39 is 0 Å². The van der Waals surface area contributed by atoms with E-state index in [9.17, 15) is 4.79 Å². The first-order valence-electron chi connectivity index (χ1n) is 5.81. The summed E-state index contributed by atoms with van der Waals surface area (Å²) in [5, 5.41) is 10.9. The maximum absolute atomic E-state index is 11.8. The van der Waals surface area contributed by atoms with E-state index in [4.69, 9.17) is 0 Å². The van der Waals surface area contributed by atoms with Crippen LogP contribution in [0.25, 0.3) is 0 Å². The molecule has 7 heteroatoms. The van der Waals surface area contributed by atoms with E-state index in [1.807, 2.05) is 13.8 Å². The molecular weight excluding hydrogens is 232 g/mol. The van der Waals surface area contributed by atoms with Gasteiger partial charge in [-0.3, -0.25) is 14.2 Å². The Morgan fingerprint density at radius 1 is 1.44 bits per heavy atom. The molecule has 2 aromatic heterocycles. The molecule has 0 aliphatic rings. The van der Waals surface area contributed by atoms with Crippen molar-refractivity contribution in [2.75, 3.05) is 6.54 Å². The van der Waals surface area contributed by atoms with Crippen molar-refractivity contribution in [2.24, 2.45) is 0 Å². The van der Waals surface area contributed by atoms with Crippen LogP contribution in [0, 0.1) is 0 Å². The molecule has 0 spiro atoms. The summed E-state index contributed by atoms with van der Waals surface area (Å²) in [5.41, 5.74) is 0.572. The maximum Gasteiger partial charge on any atom is 0.254 e. The standard InChI is InChI=1S/C11H16N6O/c1-9(2)17-6-10(5-14-17)11(18)13-3-4-16-8-12-7-15-16/h5-9H,3-4H2,1-2H3,(H,13,18). The van der Waals surface area contributed by atoms with Gasteiger partial charge in [0.2, 0.25) is 0 Å². The number of rotatable bonds is 5. The van der Waals surface area contributed by atoms with E-state index in [0.29, 0.717) is 18.7 Å². The van der Waals surface area contributed by atoms with Gasteiger partial charge in [0.15, 0.2) is 0 Å². The summed E-state index contributed by atoms with van der Waals surface area (Å²) in [6, 6.07) is 0.252. The quantitative estimate of drug-likeness (QED) is 0.835. The van der Waals surface area contributed by atoms with Crippen molar-refractivity contribution < 1.29 is 4.79 Å². The average Bonchev–Trinajstić information content (AvgIpc) is 2.99. The largest absolute Gasteiger partial charge is 0.350 e. The predicted octanol–water partition coefficient (Wildman–Crippen LogP) is 0.485. The van der Waals surface area contributed by atoms with Crippen LogP contribution in [-0.4, -0.2) is 37.0 Å². The zero-order valence-corrected chi connectivity index (χ0v) is 10.4. The zero-order chi connectivity index (χ0) is 13.0. The third-order valence-electron chi connectivity index (χ3n) is 2.49. The van der Waals surface area contributed by atoms with Crippen molar-refractivity contribution in [2.45, 2.75) is 26.4 Å². The Kier molecular flexibility index (Phi) is 3.71. The zero-order valence-electron chi connectivity index (χ0n) is 10.4. The summed E-state index contributed by atoms with van der Waals surface area (Å²) < 4.78 is 3.42. The highest BCUT2D eigenvalue weighted by molar-refractivity contribution is 5.93. The average molecular weight is 248 g/mol. The molecule has 0 saturated heterocycles. The Morgan fingerprint density at radius 3 is 2.89 bits per heavy atom. The minimum absolute atomic E-state index is 0.123. The fourth-order valence-electron chi connectivity index (χ4n) is 1.47. The molecule has 0 radical (unpaired) electrons. The van der Waals surface area contributed by atoms with Crippen molar-refractivity contribution in [1.82, 2.24) is 29.9 Å². The fourth-order valence-corrected chi connectivity index (χ4v) is 1.47. The number of carbonyl (C=O) groups is 1. The summed E-state index contributed by atoms with van der Waals surface area (Å²) >= 11 is 0. The number of amides is 1. The Balaban J connectivity index is 1.83. The normalized spacial score (nSPS) is 10.8. The van der Waals surface area contributed by atoms with Gasteiger partial charge in [-0.2, -0.15) is 10.2 Å². The lowest BCUT2D eigenvalue weighted by molar-refractivity contribution is 0.0952. The van der Waals surface area contributed by atoms with Crippen LogP contribution in [0.15, 0.2) is 25.0 Å². The molecule has 0 saturated carbocycles. The molecule has 2 rings (SSSR count). The molecule has 1 N–H and O–H groups in total. The lowest BCUT2D eigenvalue weighted by Crippen LogP contribution is -2.27. The van der Waals surface area contributed by atoms with Gasteiger partial charge < -0.3 is 5.32 Å². The molecule has 0 unspecified atom stereocenters. The Labute approximate surface area is 105 Å². The second kappa shape index (κ2) is 5.44. The highest BCUT2D eigenvalue weighted by atomic mass is 16.1. The van der Waals surface area contributed by atoms with Crippen molar-refractivity contribution in [3.8, 4) is 0 Å². The van der Waals surface area contributed by atoms with Crippen LogP contribution >= 0.6 is 0 Å². The Morgan fingerprint density at radius 2 is 2.28 bits per heavy atom. The molecule has 0 aliphatic carbocycles. The maximum atomic E-state index is 11.8. The molecule has 2 aromatic rings. The smallest absolute Gasteiger partial charge is 0.254 e. The lowest BCUT2D eigenvalue weighted by atomic mass is 10.3. The molecule has 18 heavy (non-hydrogen) atoms. The highest BCUT2D eigenvalue weighted by Crippen LogP contribution is 2.04. The van der Waals surface area contributed by atoms with Gasteiger partial charge in [0, 0.05) is 18.8 Å². The van der Waals surface area contributed by atoms with Gasteiger partial charge in [0.25, 0.3) is 5.91 Å². The van der Waals surface area contributed by atoms with Crippen molar-refractivity contribution in [3.63, 3.8) is 0 Å². The van der Waals surface area contributed by atoms with E-state index in [0.717, 1.165) is 0 Å². The van der Waals surface area contributed by atoms with Crippen LogP contribution in [-0.2, 0) is 6.54 Å². The fraction of sp³-hybridized carbons (Fsp3) is 0.455. The third kappa shape index (κ3) is 2.93. The molecular formula is C11H16N6O. The molecule has 1 amide bonds. The minimum atomic E-state index is -0.123. The third-order valence-corrected chi connectivity index (χ3v) is 2.49. The number of nitrogens with zero attached hydrogens (tertiary/aromatic N) is 5. The van der Waals surface area contributed by atoms with Crippen LogP contribution in [0.3, 0.4) is 0 Å². The monoisotopic (exact) mass is 248 g/mol. The van der Waals surface area contributed by atoms with E-state index in [1.54, 1.807) is 28.1 Å². The summed E-state index contributed by atoms with van der Waals surface area (Å²) in [7, 11) is 0. The summed E-state index contributed by atoms with van der Waals surface area (Å²) in [5.74, 6) is -0.123. The van der Waals surface area contributed by atoms with Gasteiger partial charge in [-0.05, 0) is 13.8 Å². The SMILES string of the molecule is CC(C)n1cc(C(=O)NCCn2cncn2)cn1. The molecule has 0 aliphatic heterocycles.